The number of imide groups is 1. The number of aromatic amines is 1. The number of para-hydroxylation sites is 2. The standard InChI is InChI=1S/C31H26N4O3/c1-34-30(37)27(23-18-33-25-14-7-5-12-21(23)25)28(31(34)38)24-19-35(26-15-8-6-13-22(24)26)17-9-16-32-29(36)20-10-3-2-4-11-20/h2-8,10-15,18-19,33H,9,16-17H2,1H3,(H,32,36). The molecule has 188 valence electrons. The van der Waals surface area contributed by atoms with Crippen molar-refractivity contribution in [2.45, 2.75) is 13.0 Å². The maximum Gasteiger partial charge on any atom is 0.261 e. The molecule has 2 aromatic heterocycles. The molecule has 0 spiro atoms. The predicted molar refractivity (Wildman–Crippen MR) is 148 cm³/mol. The van der Waals surface area contributed by atoms with Crippen LogP contribution >= 0.6 is 0 Å². The average Bonchev–Trinajstić information content (AvgIpc) is 3.60. The summed E-state index contributed by atoms with van der Waals surface area (Å²) in [7, 11) is 1.53. The largest absolute Gasteiger partial charge is 0.361 e. The third-order valence-corrected chi connectivity index (χ3v) is 7.10. The van der Waals surface area contributed by atoms with E-state index in [1.807, 2.05) is 72.9 Å². The molecule has 0 radical (unpaired) electrons. The Labute approximate surface area is 219 Å². The second-order valence-corrected chi connectivity index (χ2v) is 9.40. The first-order chi connectivity index (χ1) is 18.5. The summed E-state index contributed by atoms with van der Waals surface area (Å²) < 4.78 is 2.09. The zero-order chi connectivity index (χ0) is 26.2. The highest BCUT2D eigenvalue weighted by atomic mass is 16.2. The van der Waals surface area contributed by atoms with Crippen LogP contribution in [-0.4, -0.2) is 45.8 Å². The quantitative estimate of drug-likeness (QED) is 0.246. The molecule has 0 atom stereocenters. The van der Waals surface area contributed by atoms with Crippen LogP contribution in [-0.2, 0) is 16.1 Å². The molecule has 3 aromatic carbocycles. The number of hydrogen-bond donors (Lipinski definition) is 2. The number of nitrogens with zero attached hydrogens (tertiary/aromatic N) is 2. The highest BCUT2D eigenvalue weighted by Gasteiger charge is 2.39. The van der Waals surface area contributed by atoms with Crippen molar-refractivity contribution in [3.8, 4) is 0 Å². The van der Waals surface area contributed by atoms with Crippen molar-refractivity contribution in [3.63, 3.8) is 0 Å². The number of aromatic nitrogens is 2. The third kappa shape index (κ3) is 3.89. The van der Waals surface area contributed by atoms with Crippen LogP contribution < -0.4 is 5.32 Å². The minimum atomic E-state index is -0.312. The van der Waals surface area contributed by atoms with Gasteiger partial charge in [-0.05, 0) is 30.7 Å². The van der Waals surface area contributed by atoms with Crippen molar-refractivity contribution in [2.24, 2.45) is 0 Å². The van der Waals surface area contributed by atoms with Crippen LogP contribution in [0, 0.1) is 0 Å². The van der Waals surface area contributed by atoms with Gasteiger partial charge >= 0.3 is 0 Å². The van der Waals surface area contributed by atoms with Gasteiger partial charge in [-0.3, -0.25) is 19.3 Å². The fraction of sp³-hybridized carbons (Fsp3) is 0.129. The molecule has 0 bridgehead atoms. The number of fused-ring (bicyclic) bond motifs is 2. The minimum absolute atomic E-state index is 0.102. The fourth-order valence-corrected chi connectivity index (χ4v) is 5.19. The van der Waals surface area contributed by atoms with Crippen LogP contribution in [0.4, 0.5) is 0 Å². The number of rotatable bonds is 7. The summed E-state index contributed by atoms with van der Waals surface area (Å²) in [4.78, 5) is 43.6. The lowest BCUT2D eigenvalue weighted by atomic mass is 9.95. The molecule has 0 saturated heterocycles. The van der Waals surface area contributed by atoms with Crippen molar-refractivity contribution in [2.75, 3.05) is 13.6 Å². The lowest BCUT2D eigenvalue weighted by molar-refractivity contribution is -0.134. The van der Waals surface area contributed by atoms with Crippen LogP contribution in [0.3, 0.4) is 0 Å². The molecular weight excluding hydrogens is 476 g/mol. The first-order valence-corrected chi connectivity index (χ1v) is 12.6. The summed E-state index contributed by atoms with van der Waals surface area (Å²) in [6.07, 6.45) is 4.47. The van der Waals surface area contributed by atoms with Gasteiger partial charge in [-0.25, -0.2) is 0 Å². The summed E-state index contributed by atoms with van der Waals surface area (Å²) in [6.45, 7) is 1.16. The molecule has 0 unspecified atom stereocenters. The van der Waals surface area contributed by atoms with Crippen LogP contribution in [0.25, 0.3) is 33.0 Å². The number of benzene rings is 3. The number of carbonyl (C=O) groups excluding carboxylic acids is 3. The summed E-state index contributed by atoms with van der Waals surface area (Å²) in [5, 5.41) is 4.77. The van der Waals surface area contributed by atoms with Gasteiger partial charge in [0.25, 0.3) is 17.7 Å². The lowest BCUT2D eigenvalue weighted by Gasteiger charge is -2.07. The van der Waals surface area contributed by atoms with Crippen molar-refractivity contribution >= 4 is 50.7 Å². The highest BCUT2D eigenvalue weighted by Crippen LogP contribution is 2.40. The maximum absolute atomic E-state index is 13.5. The number of amides is 3. The van der Waals surface area contributed by atoms with Crippen LogP contribution in [0.15, 0.2) is 91.3 Å². The second kappa shape index (κ2) is 9.52. The molecule has 1 aliphatic rings. The van der Waals surface area contributed by atoms with Crippen molar-refractivity contribution < 1.29 is 14.4 Å². The Balaban J connectivity index is 1.35. The second-order valence-electron chi connectivity index (χ2n) is 9.40. The summed E-state index contributed by atoms with van der Waals surface area (Å²) in [5.41, 5.74) is 4.78. The molecule has 38 heavy (non-hydrogen) atoms. The molecular formula is C31H26N4O3. The van der Waals surface area contributed by atoms with E-state index in [1.54, 1.807) is 18.3 Å². The zero-order valence-corrected chi connectivity index (χ0v) is 20.9. The molecule has 3 heterocycles. The molecule has 7 heteroatoms. The third-order valence-electron chi connectivity index (χ3n) is 7.10. The van der Waals surface area contributed by atoms with Gasteiger partial charge in [0.1, 0.15) is 0 Å². The zero-order valence-electron chi connectivity index (χ0n) is 20.9. The van der Waals surface area contributed by atoms with Gasteiger partial charge in [-0.15, -0.1) is 0 Å². The van der Waals surface area contributed by atoms with E-state index >= 15 is 0 Å². The number of hydrogen-bond acceptors (Lipinski definition) is 3. The predicted octanol–water partition coefficient (Wildman–Crippen LogP) is 4.85. The van der Waals surface area contributed by atoms with Gasteiger partial charge in [0.2, 0.25) is 0 Å². The highest BCUT2D eigenvalue weighted by molar-refractivity contribution is 6.50. The molecule has 6 rings (SSSR count). The van der Waals surface area contributed by atoms with Gasteiger partial charge in [-0.2, -0.15) is 0 Å². The van der Waals surface area contributed by atoms with E-state index in [1.165, 1.54) is 11.9 Å². The van der Waals surface area contributed by atoms with Crippen molar-refractivity contribution in [1.29, 1.82) is 0 Å². The average molecular weight is 503 g/mol. The van der Waals surface area contributed by atoms with Crippen LogP contribution in [0.2, 0.25) is 0 Å². The van der Waals surface area contributed by atoms with Crippen LogP contribution in [0.5, 0.6) is 0 Å². The number of H-pyrrole nitrogens is 1. The molecule has 1 aliphatic heterocycles. The molecule has 2 N–H and O–H groups in total. The number of likely N-dealkylation sites (N-methyl/N-ethyl adjacent to an activating group) is 1. The first kappa shape index (κ1) is 23.5. The normalized spacial score (nSPS) is 13.8. The Morgan fingerprint density at radius 1 is 0.816 bits per heavy atom. The van der Waals surface area contributed by atoms with E-state index in [-0.39, 0.29) is 17.7 Å². The number of carbonyl (C=O) groups is 3. The Kier molecular flexibility index (Phi) is 5.88. The number of aryl methyl sites for hydroxylation is 1. The van der Waals surface area contributed by atoms with E-state index in [2.05, 4.69) is 14.9 Å². The topological polar surface area (TPSA) is 87.2 Å². The first-order valence-electron chi connectivity index (χ1n) is 12.6. The fourth-order valence-electron chi connectivity index (χ4n) is 5.19. The molecule has 7 nitrogen and oxygen atoms in total. The Bertz CT molecular complexity index is 1740. The van der Waals surface area contributed by atoms with Gasteiger partial charge < -0.3 is 14.9 Å². The SMILES string of the molecule is CN1C(=O)C(c2c[nH]c3ccccc23)=C(c2cn(CCCNC(=O)c3ccccc3)c3ccccc23)C1=O. The van der Waals surface area contributed by atoms with Gasteiger partial charge in [0, 0.05) is 71.0 Å². The molecule has 5 aromatic rings. The Hall–Kier alpha value is -4.91. The van der Waals surface area contributed by atoms with E-state index in [4.69, 9.17) is 0 Å². The molecule has 3 amide bonds. The number of nitrogens with one attached hydrogen (secondary N) is 2. The van der Waals surface area contributed by atoms with Gasteiger partial charge in [-0.1, -0.05) is 54.6 Å². The smallest absolute Gasteiger partial charge is 0.261 e. The van der Waals surface area contributed by atoms with E-state index in [9.17, 15) is 14.4 Å². The van der Waals surface area contributed by atoms with Gasteiger partial charge in [0.15, 0.2) is 0 Å². The van der Waals surface area contributed by atoms with E-state index in [0.717, 1.165) is 32.9 Å². The maximum atomic E-state index is 13.5. The molecule has 0 fully saturated rings. The van der Waals surface area contributed by atoms with E-state index < -0.39 is 0 Å². The molecule has 0 aliphatic carbocycles. The van der Waals surface area contributed by atoms with E-state index in [0.29, 0.717) is 36.2 Å². The Morgan fingerprint density at radius 3 is 2.26 bits per heavy atom. The van der Waals surface area contributed by atoms with Crippen molar-refractivity contribution in [3.05, 3.63) is 108 Å². The summed E-state index contributed by atoms with van der Waals surface area (Å²) in [6, 6.07) is 24.8. The summed E-state index contributed by atoms with van der Waals surface area (Å²) in [5.74, 6) is -0.723. The van der Waals surface area contributed by atoms with Gasteiger partial charge in [0.05, 0.1) is 11.1 Å². The minimum Gasteiger partial charge on any atom is -0.361 e. The molecule has 0 saturated carbocycles. The Morgan fingerprint density at radius 2 is 1.47 bits per heavy atom. The van der Waals surface area contributed by atoms with Crippen LogP contribution in [0.1, 0.15) is 27.9 Å². The lowest BCUT2D eigenvalue weighted by Crippen LogP contribution is -2.26. The monoisotopic (exact) mass is 502 g/mol. The van der Waals surface area contributed by atoms with Crippen molar-refractivity contribution in [1.82, 2.24) is 19.8 Å². The summed E-state index contributed by atoms with van der Waals surface area (Å²) >= 11 is 0.